The van der Waals surface area contributed by atoms with Crippen molar-refractivity contribution in [2.75, 3.05) is 45.2 Å². The number of aliphatic hydroxyl groups is 1. The normalized spacial score (nSPS) is 18.9. The van der Waals surface area contributed by atoms with Crippen LogP contribution in [0.25, 0.3) is 0 Å². The van der Waals surface area contributed by atoms with Crippen molar-refractivity contribution < 1.29 is 23.5 Å². The quantitative estimate of drug-likeness (QED) is 0.527. The molecular weight excluding hydrogens is 512 g/mol. The molecule has 2 fully saturated rings. The van der Waals surface area contributed by atoms with Crippen molar-refractivity contribution in [1.82, 2.24) is 9.80 Å². The fraction of sp³-hybridized carbons (Fsp3) is 0.517. The van der Waals surface area contributed by atoms with Crippen molar-refractivity contribution in [2.24, 2.45) is 11.8 Å². The number of halogens is 3. The van der Waals surface area contributed by atoms with Crippen LogP contribution in [0.2, 0.25) is 5.02 Å². The van der Waals surface area contributed by atoms with Gasteiger partial charge in [0.2, 0.25) is 5.60 Å². The maximum absolute atomic E-state index is 13.9. The highest BCUT2D eigenvalue weighted by Gasteiger charge is 2.49. The number of amides is 2. The van der Waals surface area contributed by atoms with Crippen LogP contribution in [0.1, 0.15) is 48.0 Å². The summed E-state index contributed by atoms with van der Waals surface area (Å²) in [5.41, 5.74) is -1.38. The van der Waals surface area contributed by atoms with Gasteiger partial charge in [-0.3, -0.25) is 9.59 Å². The number of nitrogens with zero attached hydrogens (tertiary/aromatic N) is 3. The van der Waals surface area contributed by atoms with Crippen LogP contribution in [-0.2, 0) is 10.4 Å². The molecule has 2 aromatic carbocycles. The summed E-state index contributed by atoms with van der Waals surface area (Å²) in [6.07, 6.45) is 1.40. The van der Waals surface area contributed by atoms with Crippen LogP contribution in [0.4, 0.5) is 14.5 Å². The highest BCUT2D eigenvalue weighted by Crippen LogP contribution is 2.35. The van der Waals surface area contributed by atoms with E-state index in [2.05, 4.69) is 4.90 Å². The fourth-order valence-corrected chi connectivity index (χ4v) is 5.92. The van der Waals surface area contributed by atoms with E-state index in [-0.39, 0.29) is 11.5 Å². The lowest BCUT2D eigenvalue weighted by molar-refractivity contribution is -0.173. The summed E-state index contributed by atoms with van der Waals surface area (Å²) < 4.78 is 27.8. The second-order valence-electron chi connectivity index (χ2n) is 10.7. The lowest BCUT2D eigenvalue weighted by Crippen LogP contribution is -2.53. The zero-order valence-electron chi connectivity index (χ0n) is 22.0. The van der Waals surface area contributed by atoms with Gasteiger partial charge in [0, 0.05) is 46.0 Å². The first kappa shape index (κ1) is 28.3. The summed E-state index contributed by atoms with van der Waals surface area (Å²) in [6.45, 7) is 2.55. The Labute approximate surface area is 228 Å². The molecule has 2 aromatic rings. The van der Waals surface area contributed by atoms with Gasteiger partial charge in [0.15, 0.2) is 0 Å². The number of likely N-dealkylation sites (tertiary alicyclic amines) is 1. The number of alkyl halides is 2. The van der Waals surface area contributed by atoms with Crippen LogP contribution in [0.5, 0.6) is 0 Å². The monoisotopic (exact) mass is 547 g/mol. The molecule has 9 heteroatoms. The summed E-state index contributed by atoms with van der Waals surface area (Å²) in [6, 6.07) is 13.1. The molecule has 2 aliphatic heterocycles. The minimum absolute atomic E-state index is 0.0749. The minimum Gasteiger partial charge on any atom is -0.371 e. The van der Waals surface area contributed by atoms with E-state index >= 15 is 0 Å². The number of hydrogen-bond acceptors (Lipinski definition) is 4. The lowest BCUT2D eigenvalue weighted by atomic mass is 9.82. The zero-order valence-corrected chi connectivity index (χ0v) is 22.7. The van der Waals surface area contributed by atoms with E-state index < -0.39 is 17.9 Å². The SMILES string of the molecule is CN(C)C(=O)c1ccc(N2CCC(CC3CCN(C(=O)C(O)(c4ccccc4)C(F)F)CC3)CC2)cc1Cl. The van der Waals surface area contributed by atoms with Crippen LogP contribution in [0.3, 0.4) is 0 Å². The van der Waals surface area contributed by atoms with Gasteiger partial charge in [-0.1, -0.05) is 41.9 Å². The molecule has 2 saturated heterocycles. The molecule has 1 N–H and O–H groups in total. The van der Waals surface area contributed by atoms with Crippen LogP contribution in [0.15, 0.2) is 48.5 Å². The summed E-state index contributed by atoms with van der Waals surface area (Å²) in [5.74, 6) is -0.0435. The van der Waals surface area contributed by atoms with Crippen molar-refractivity contribution in [1.29, 1.82) is 0 Å². The van der Waals surface area contributed by atoms with Crippen molar-refractivity contribution in [2.45, 2.75) is 44.1 Å². The van der Waals surface area contributed by atoms with Crippen molar-refractivity contribution in [3.05, 3.63) is 64.7 Å². The summed E-state index contributed by atoms with van der Waals surface area (Å²) in [5, 5.41) is 11.2. The Bertz CT molecular complexity index is 1120. The second-order valence-corrected chi connectivity index (χ2v) is 11.1. The smallest absolute Gasteiger partial charge is 0.280 e. The third kappa shape index (κ3) is 5.96. The van der Waals surface area contributed by atoms with E-state index in [0.29, 0.717) is 35.5 Å². The predicted octanol–water partition coefficient (Wildman–Crippen LogP) is 5.04. The number of hydrogen-bond donors (Lipinski definition) is 1. The van der Waals surface area contributed by atoms with Crippen LogP contribution in [0, 0.1) is 11.8 Å². The van der Waals surface area contributed by atoms with E-state index in [1.165, 1.54) is 21.9 Å². The van der Waals surface area contributed by atoms with Gasteiger partial charge in [0.1, 0.15) is 0 Å². The first-order valence-corrected chi connectivity index (χ1v) is 13.6. The number of benzene rings is 2. The lowest BCUT2D eigenvalue weighted by Gasteiger charge is -2.39. The topological polar surface area (TPSA) is 64.1 Å². The highest BCUT2D eigenvalue weighted by molar-refractivity contribution is 6.34. The number of anilines is 1. The summed E-state index contributed by atoms with van der Waals surface area (Å²) in [7, 11) is 3.40. The van der Waals surface area contributed by atoms with E-state index in [4.69, 9.17) is 11.6 Å². The van der Waals surface area contributed by atoms with Crippen molar-refractivity contribution >= 4 is 29.1 Å². The molecule has 2 amide bonds. The first-order valence-electron chi connectivity index (χ1n) is 13.2. The minimum atomic E-state index is -3.21. The van der Waals surface area contributed by atoms with Gasteiger partial charge in [0.25, 0.3) is 18.2 Å². The van der Waals surface area contributed by atoms with Crippen LogP contribution < -0.4 is 4.90 Å². The van der Waals surface area contributed by atoms with Gasteiger partial charge in [-0.05, 0) is 67.7 Å². The Morgan fingerprint density at radius 1 is 1.00 bits per heavy atom. The molecule has 38 heavy (non-hydrogen) atoms. The van der Waals surface area contributed by atoms with Gasteiger partial charge in [-0.25, -0.2) is 8.78 Å². The molecule has 1 unspecified atom stereocenters. The van der Waals surface area contributed by atoms with Crippen molar-refractivity contribution in [3.63, 3.8) is 0 Å². The molecule has 2 aliphatic rings. The van der Waals surface area contributed by atoms with E-state index in [0.717, 1.165) is 50.9 Å². The molecular formula is C29H36ClF2N3O3. The molecule has 0 spiro atoms. The van der Waals surface area contributed by atoms with Gasteiger partial charge in [-0.2, -0.15) is 0 Å². The molecule has 0 aromatic heterocycles. The van der Waals surface area contributed by atoms with Crippen LogP contribution >= 0.6 is 11.6 Å². The zero-order chi connectivity index (χ0) is 27.4. The Balaban J connectivity index is 1.27. The summed E-state index contributed by atoms with van der Waals surface area (Å²) in [4.78, 5) is 30.5. The van der Waals surface area contributed by atoms with E-state index in [1.54, 1.807) is 38.4 Å². The molecule has 2 heterocycles. The molecule has 0 radical (unpaired) electrons. The molecule has 0 saturated carbocycles. The molecule has 6 nitrogen and oxygen atoms in total. The average molecular weight is 548 g/mol. The Morgan fingerprint density at radius 2 is 1.58 bits per heavy atom. The predicted molar refractivity (Wildman–Crippen MR) is 145 cm³/mol. The average Bonchev–Trinajstić information content (AvgIpc) is 2.93. The van der Waals surface area contributed by atoms with Crippen molar-refractivity contribution in [3.8, 4) is 0 Å². The summed E-state index contributed by atoms with van der Waals surface area (Å²) >= 11 is 6.40. The molecule has 0 aliphatic carbocycles. The molecule has 0 bridgehead atoms. The maximum atomic E-state index is 13.9. The molecule has 4 rings (SSSR count). The Hall–Kier alpha value is -2.71. The molecule has 206 valence electrons. The molecule has 1 atom stereocenters. The van der Waals surface area contributed by atoms with E-state index in [1.807, 2.05) is 12.1 Å². The van der Waals surface area contributed by atoms with E-state index in [9.17, 15) is 23.5 Å². The Kier molecular flexibility index (Phi) is 8.93. The number of piperidine rings is 2. The maximum Gasteiger partial charge on any atom is 0.280 e. The standard InChI is InChI=1S/C29H36ClF2N3O3/c1-33(2)26(36)24-9-8-23(19-25(24)30)34-14-10-20(11-15-34)18-21-12-16-35(17-13-21)28(37)29(38,27(31)32)22-6-4-3-5-7-22/h3-9,19-21,27,38H,10-18H2,1-2H3. The fourth-order valence-electron chi connectivity index (χ4n) is 5.66. The third-order valence-corrected chi connectivity index (χ3v) is 8.31. The van der Waals surface area contributed by atoms with Crippen LogP contribution in [-0.4, -0.2) is 73.4 Å². The van der Waals surface area contributed by atoms with Gasteiger partial charge in [0.05, 0.1) is 10.6 Å². The third-order valence-electron chi connectivity index (χ3n) is 7.99. The number of rotatable bonds is 7. The van der Waals surface area contributed by atoms with Gasteiger partial charge in [-0.15, -0.1) is 0 Å². The number of carbonyl (C=O) groups excluding carboxylic acids is 2. The Morgan fingerprint density at radius 3 is 2.11 bits per heavy atom. The largest absolute Gasteiger partial charge is 0.371 e. The second kappa shape index (κ2) is 12.0. The number of carbonyl (C=O) groups is 2. The van der Waals surface area contributed by atoms with Gasteiger partial charge >= 0.3 is 0 Å². The highest BCUT2D eigenvalue weighted by atomic mass is 35.5. The van der Waals surface area contributed by atoms with Gasteiger partial charge < -0.3 is 19.8 Å². The first-order chi connectivity index (χ1) is 18.1.